The fraction of sp³-hybridized carbons (Fsp3) is 0.625. The standard InChI is InChI=1S/C8H11F2N3O3/c9-8(10)3-13(6(8)7(12)16)5(15)2-1-4(11)14/h6H,1-3H2,(H2,11,14)(H2,12,16)/t6-/m1/s1. The van der Waals surface area contributed by atoms with E-state index in [0.717, 1.165) is 0 Å². The summed E-state index contributed by atoms with van der Waals surface area (Å²) in [4.78, 5) is 33.1. The van der Waals surface area contributed by atoms with Crippen LogP contribution in [0, 0.1) is 0 Å². The normalized spacial score (nSPS) is 22.4. The van der Waals surface area contributed by atoms with Gasteiger partial charge >= 0.3 is 0 Å². The highest BCUT2D eigenvalue weighted by atomic mass is 19.3. The number of primary amides is 2. The lowest BCUT2D eigenvalue weighted by Crippen LogP contribution is -2.71. The van der Waals surface area contributed by atoms with Gasteiger partial charge in [0.05, 0.1) is 6.54 Å². The first-order chi connectivity index (χ1) is 7.25. The molecule has 1 aliphatic rings. The van der Waals surface area contributed by atoms with Crippen LogP contribution in [-0.2, 0) is 14.4 Å². The first kappa shape index (κ1) is 12.3. The maximum atomic E-state index is 12.9. The SMILES string of the molecule is NC(=O)CCC(=O)N1CC(F)(F)[C@H]1C(N)=O. The van der Waals surface area contributed by atoms with Gasteiger partial charge in [0, 0.05) is 12.8 Å². The van der Waals surface area contributed by atoms with Crippen molar-refractivity contribution in [3.05, 3.63) is 0 Å². The molecule has 0 unspecified atom stereocenters. The minimum Gasteiger partial charge on any atom is -0.370 e. The molecular formula is C8H11F2N3O3. The minimum atomic E-state index is -3.28. The fourth-order valence-electron chi connectivity index (χ4n) is 1.49. The van der Waals surface area contributed by atoms with Crippen molar-refractivity contribution >= 4 is 17.7 Å². The van der Waals surface area contributed by atoms with Crippen LogP contribution in [0.5, 0.6) is 0 Å². The minimum absolute atomic E-state index is 0.244. The number of carbonyl (C=O) groups excluding carboxylic acids is 3. The number of alkyl halides is 2. The highest BCUT2D eigenvalue weighted by Gasteiger charge is 2.59. The number of halogens is 2. The van der Waals surface area contributed by atoms with Crippen LogP contribution in [0.25, 0.3) is 0 Å². The molecular weight excluding hydrogens is 224 g/mol. The smallest absolute Gasteiger partial charge is 0.294 e. The molecule has 0 spiro atoms. The third-order valence-electron chi connectivity index (χ3n) is 2.27. The zero-order valence-corrected chi connectivity index (χ0v) is 8.28. The van der Waals surface area contributed by atoms with Gasteiger partial charge in [-0.3, -0.25) is 14.4 Å². The van der Waals surface area contributed by atoms with Crippen molar-refractivity contribution in [3.8, 4) is 0 Å². The Kier molecular flexibility index (Phi) is 3.11. The molecule has 0 aromatic carbocycles. The molecule has 6 nitrogen and oxygen atoms in total. The zero-order chi connectivity index (χ0) is 12.5. The van der Waals surface area contributed by atoms with E-state index in [0.29, 0.717) is 4.90 Å². The van der Waals surface area contributed by atoms with Gasteiger partial charge in [-0.15, -0.1) is 0 Å². The topological polar surface area (TPSA) is 106 Å². The summed E-state index contributed by atoms with van der Waals surface area (Å²) in [6.45, 7) is -0.849. The molecule has 0 aliphatic carbocycles. The third kappa shape index (κ3) is 2.26. The van der Waals surface area contributed by atoms with E-state index in [1.807, 2.05) is 0 Å². The molecule has 8 heteroatoms. The molecule has 90 valence electrons. The number of rotatable bonds is 4. The zero-order valence-electron chi connectivity index (χ0n) is 8.28. The number of hydrogen-bond donors (Lipinski definition) is 2. The Morgan fingerprint density at radius 1 is 1.25 bits per heavy atom. The van der Waals surface area contributed by atoms with Crippen LogP contribution in [0.2, 0.25) is 0 Å². The predicted molar refractivity (Wildman–Crippen MR) is 48.1 cm³/mol. The van der Waals surface area contributed by atoms with E-state index in [9.17, 15) is 23.2 Å². The van der Waals surface area contributed by atoms with Crippen molar-refractivity contribution in [1.82, 2.24) is 4.90 Å². The van der Waals surface area contributed by atoms with Gasteiger partial charge in [-0.05, 0) is 0 Å². The summed E-state index contributed by atoms with van der Waals surface area (Å²) in [5, 5.41) is 0. The van der Waals surface area contributed by atoms with Crippen molar-refractivity contribution < 1.29 is 23.2 Å². The summed E-state index contributed by atoms with van der Waals surface area (Å²) >= 11 is 0. The molecule has 0 radical (unpaired) electrons. The Balaban J connectivity index is 2.59. The molecule has 0 aromatic rings. The van der Waals surface area contributed by atoms with E-state index >= 15 is 0 Å². The Bertz CT molecular complexity index is 345. The molecule has 1 saturated heterocycles. The first-order valence-electron chi connectivity index (χ1n) is 4.50. The summed E-state index contributed by atoms with van der Waals surface area (Å²) in [5.74, 6) is -5.98. The van der Waals surface area contributed by atoms with Crippen LogP contribution in [-0.4, -0.2) is 41.1 Å². The van der Waals surface area contributed by atoms with Crippen LogP contribution >= 0.6 is 0 Å². The highest BCUT2D eigenvalue weighted by molar-refractivity contribution is 5.91. The Morgan fingerprint density at radius 2 is 1.81 bits per heavy atom. The van der Waals surface area contributed by atoms with E-state index < -0.39 is 36.2 Å². The average Bonchev–Trinajstić information content (AvgIpc) is 2.09. The quantitative estimate of drug-likeness (QED) is 0.624. The van der Waals surface area contributed by atoms with Crippen LogP contribution < -0.4 is 11.5 Å². The lowest BCUT2D eigenvalue weighted by molar-refractivity contribution is -0.196. The number of nitrogens with two attached hydrogens (primary N) is 2. The number of hydrogen-bond acceptors (Lipinski definition) is 3. The summed E-state index contributed by atoms with van der Waals surface area (Å²) in [6.07, 6.45) is -0.540. The van der Waals surface area contributed by atoms with Crippen molar-refractivity contribution in [2.45, 2.75) is 24.8 Å². The van der Waals surface area contributed by atoms with E-state index in [1.54, 1.807) is 0 Å². The maximum Gasteiger partial charge on any atom is 0.294 e. The van der Waals surface area contributed by atoms with Gasteiger partial charge < -0.3 is 16.4 Å². The molecule has 1 aliphatic heterocycles. The van der Waals surface area contributed by atoms with E-state index in [4.69, 9.17) is 11.5 Å². The van der Waals surface area contributed by atoms with E-state index in [2.05, 4.69) is 0 Å². The first-order valence-corrected chi connectivity index (χ1v) is 4.50. The van der Waals surface area contributed by atoms with Gasteiger partial charge in [0.15, 0.2) is 6.04 Å². The second-order valence-electron chi connectivity index (χ2n) is 3.55. The lowest BCUT2D eigenvalue weighted by Gasteiger charge is -2.45. The molecule has 4 N–H and O–H groups in total. The van der Waals surface area contributed by atoms with Gasteiger partial charge in [0.2, 0.25) is 17.7 Å². The van der Waals surface area contributed by atoms with Crippen LogP contribution in [0.4, 0.5) is 8.78 Å². The predicted octanol–water partition coefficient (Wildman–Crippen LogP) is -1.42. The number of carbonyl (C=O) groups is 3. The highest BCUT2D eigenvalue weighted by Crippen LogP contribution is 2.35. The largest absolute Gasteiger partial charge is 0.370 e. The molecule has 1 rings (SSSR count). The molecule has 16 heavy (non-hydrogen) atoms. The monoisotopic (exact) mass is 235 g/mol. The molecule has 0 saturated carbocycles. The van der Waals surface area contributed by atoms with Crippen LogP contribution in [0.3, 0.4) is 0 Å². The third-order valence-corrected chi connectivity index (χ3v) is 2.27. The fourth-order valence-corrected chi connectivity index (χ4v) is 1.49. The second kappa shape index (κ2) is 4.03. The van der Waals surface area contributed by atoms with Gasteiger partial charge in [0.25, 0.3) is 5.92 Å². The molecule has 0 aromatic heterocycles. The molecule has 1 fully saturated rings. The van der Waals surface area contributed by atoms with E-state index in [-0.39, 0.29) is 12.8 Å². The second-order valence-corrected chi connectivity index (χ2v) is 3.55. The number of nitrogens with zero attached hydrogens (tertiary/aromatic N) is 1. The maximum absolute atomic E-state index is 12.9. The van der Waals surface area contributed by atoms with Gasteiger partial charge in [-0.1, -0.05) is 0 Å². The number of likely N-dealkylation sites (tertiary alicyclic amines) is 1. The van der Waals surface area contributed by atoms with Crippen molar-refractivity contribution in [1.29, 1.82) is 0 Å². The Morgan fingerprint density at radius 3 is 2.19 bits per heavy atom. The molecule has 1 heterocycles. The average molecular weight is 235 g/mol. The summed E-state index contributed by atoms with van der Waals surface area (Å²) < 4.78 is 25.8. The van der Waals surface area contributed by atoms with Gasteiger partial charge in [-0.2, -0.15) is 0 Å². The van der Waals surface area contributed by atoms with Crippen molar-refractivity contribution in [2.24, 2.45) is 11.5 Å². The Hall–Kier alpha value is -1.73. The summed E-state index contributed by atoms with van der Waals surface area (Å²) in [6, 6.07) is -1.91. The van der Waals surface area contributed by atoms with Crippen LogP contribution in [0.1, 0.15) is 12.8 Å². The summed E-state index contributed by atoms with van der Waals surface area (Å²) in [5.41, 5.74) is 9.55. The molecule has 1 atom stereocenters. The lowest BCUT2D eigenvalue weighted by atomic mass is 9.96. The summed E-state index contributed by atoms with van der Waals surface area (Å²) in [7, 11) is 0. The number of amides is 3. The van der Waals surface area contributed by atoms with Gasteiger partial charge in [0.1, 0.15) is 0 Å². The molecule has 0 bridgehead atoms. The van der Waals surface area contributed by atoms with Crippen molar-refractivity contribution in [2.75, 3.05) is 6.54 Å². The van der Waals surface area contributed by atoms with E-state index in [1.165, 1.54) is 0 Å². The Labute approximate surface area is 89.5 Å². The molecule has 3 amide bonds. The van der Waals surface area contributed by atoms with Crippen LogP contribution in [0.15, 0.2) is 0 Å². The van der Waals surface area contributed by atoms with Gasteiger partial charge in [-0.25, -0.2) is 8.78 Å². The van der Waals surface area contributed by atoms with Crippen molar-refractivity contribution in [3.63, 3.8) is 0 Å².